The highest BCUT2D eigenvalue weighted by Crippen LogP contribution is 2.09. The van der Waals surface area contributed by atoms with Gasteiger partial charge in [0.1, 0.15) is 5.82 Å². The van der Waals surface area contributed by atoms with Gasteiger partial charge in [-0.15, -0.1) is 0 Å². The number of carbonyl (C=O) groups is 1. The molecule has 0 aliphatic carbocycles. The summed E-state index contributed by atoms with van der Waals surface area (Å²) in [5.74, 6) is 5.08. The number of hydrogen-bond donors (Lipinski definition) is 2. The van der Waals surface area contributed by atoms with Crippen LogP contribution in [0, 0.1) is 17.7 Å². The molecule has 1 amide bonds. The van der Waals surface area contributed by atoms with Crippen LogP contribution >= 0.6 is 0 Å². The van der Waals surface area contributed by atoms with Crippen molar-refractivity contribution in [3.05, 3.63) is 35.1 Å². The highest BCUT2D eigenvalue weighted by atomic mass is 32.2. The molecule has 0 aromatic heterocycles. The molecule has 0 saturated heterocycles. The first-order valence-electron chi connectivity index (χ1n) is 6.61. The average Bonchev–Trinajstić information content (AvgIpc) is 2.47. The van der Waals surface area contributed by atoms with Crippen LogP contribution in [0.25, 0.3) is 0 Å². The van der Waals surface area contributed by atoms with E-state index >= 15 is 0 Å². The van der Waals surface area contributed by atoms with E-state index in [4.69, 9.17) is 5.11 Å². The predicted octanol–water partition coefficient (Wildman–Crippen LogP) is 1.06. The minimum absolute atomic E-state index is 0.0465. The first kappa shape index (κ1) is 17.3. The van der Waals surface area contributed by atoms with Gasteiger partial charge in [0.05, 0.1) is 12.2 Å². The Morgan fingerprint density at radius 2 is 2.24 bits per heavy atom. The second kappa shape index (κ2) is 9.27. The Hall–Kier alpha value is -1.71. The van der Waals surface area contributed by atoms with Gasteiger partial charge in [0, 0.05) is 40.8 Å². The minimum atomic E-state index is -0.961. The maximum absolute atomic E-state index is 13.8. The zero-order valence-electron chi connectivity index (χ0n) is 11.8. The zero-order chi connectivity index (χ0) is 15.7. The van der Waals surface area contributed by atoms with Gasteiger partial charge >= 0.3 is 0 Å². The Balaban J connectivity index is 2.65. The molecule has 6 heteroatoms. The molecule has 0 aliphatic heterocycles. The van der Waals surface area contributed by atoms with Crippen LogP contribution in [0.4, 0.5) is 4.39 Å². The molecule has 21 heavy (non-hydrogen) atoms. The van der Waals surface area contributed by atoms with Crippen LogP contribution < -0.4 is 5.32 Å². The molecule has 1 aromatic carbocycles. The third-order valence-electron chi connectivity index (χ3n) is 2.62. The summed E-state index contributed by atoms with van der Waals surface area (Å²) < 4.78 is 25.0. The molecule has 114 valence electrons. The van der Waals surface area contributed by atoms with Gasteiger partial charge in [-0.1, -0.05) is 18.8 Å². The number of aliphatic hydroxyl groups excluding tert-OH is 1. The summed E-state index contributed by atoms with van der Waals surface area (Å²) in [4.78, 5) is 11.8. The molecule has 4 nitrogen and oxygen atoms in total. The van der Waals surface area contributed by atoms with E-state index < -0.39 is 22.5 Å². The van der Waals surface area contributed by atoms with E-state index in [0.29, 0.717) is 23.5 Å². The number of halogens is 1. The van der Waals surface area contributed by atoms with E-state index in [-0.39, 0.29) is 18.7 Å². The molecule has 0 saturated carbocycles. The molecule has 0 fully saturated rings. The Kier molecular flexibility index (Phi) is 7.65. The Labute approximate surface area is 126 Å². The number of amides is 1. The maximum atomic E-state index is 13.8. The summed E-state index contributed by atoms with van der Waals surface area (Å²) in [5, 5.41) is 11.1. The van der Waals surface area contributed by atoms with Crippen LogP contribution in [0.1, 0.15) is 29.3 Å². The lowest BCUT2D eigenvalue weighted by Crippen LogP contribution is -2.28. The number of aliphatic hydroxyl groups is 1. The number of hydrogen-bond acceptors (Lipinski definition) is 3. The smallest absolute Gasteiger partial charge is 0.254 e. The topological polar surface area (TPSA) is 66.4 Å². The summed E-state index contributed by atoms with van der Waals surface area (Å²) >= 11 is 0. The fourth-order valence-electron chi connectivity index (χ4n) is 1.52. The molecule has 0 aliphatic rings. The van der Waals surface area contributed by atoms with E-state index in [9.17, 15) is 13.4 Å². The van der Waals surface area contributed by atoms with Crippen LogP contribution in [-0.4, -0.2) is 39.9 Å². The normalized spacial score (nSPS) is 11.4. The number of nitrogens with one attached hydrogen (secondary N) is 1. The molecule has 1 aromatic rings. The van der Waals surface area contributed by atoms with Gasteiger partial charge < -0.3 is 10.4 Å². The maximum Gasteiger partial charge on any atom is 0.254 e. The largest absolute Gasteiger partial charge is 0.395 e. The molecule has 2 N–H and O–H groups in total. The van der Waals surface area contributed by atoms with E-state index in [1.807, 2.05) is 0 Å². The first-order valence-corrected chi connectivity index (χ1v) is 8.09. The molecule has 1 rings (SSSR count). The Bertz CT molecular complexity index is 578. The summed E-state index contributed by atoms with van der Waals surface area (Å²) in [5.41, 5.74) is 0.384. The van der Waals surface area contributed by atoms with Crippen molar-refractivity contribution in [2.45, 2.75) is 13.3 Å². The third kappa shape index (κ3) is 6.06. The second-order valence-electron chi connectivity index (χ2n) is 4.16. The Morgan fingerprint density at radius 1 is 1.48 bits per heavy atom. The third-order valence-corrected chi connectivity index (χ3v) is 3.92. The predicted molar refractivity (Wildman–Crippen MR) is 80.9 cm³/mol. The lowest BCUT2D eigenvalue weighted by molar-refractivity contribution is 0.0952. The zero-order valence-corrected chi connectivity index (χ0v) is 12.6. The van der Waals surface area contributed by atoms with E-state index in [1.54, 1.807) is 13.0 Å². The SMILES string of the molecule is CCS(=O)CCNC(=O)c1ccc(C#CCCO)cc1F. The average molecular weight is 311 g/mol. The highest BCUT2D eigenvalue weighted by Gasteiger charge is 2.11. The number of rotatable bonds is 6. The van der Waals surface area contributed by atoms with Gasteiger partial charge in [0.25, 0.3) is 5.91 Å². The fraction of sp³-hybridized carbons (Fsp3) is 0.400. The quantitative estimate of drug-likeness (QED) is 0.772. The van der Waals surface area contributed by atoms with E-state index in [1.165, 1.54) is 12.1 Å². The van der Waals surface area contributed by atoms with Gasteiger partial charge in [-0.2, -0.15) is 0 Å². The monoisotopic (exact) mass is 311 g/mol. The standard InChI is InChI=1S/C15H18FNO3S/c1-2-21(20)10-8-17-15(19)13-7-6-12(11-14(13)16)5-3-4-9-18/h6-7,11,18H,2,4,8-10H2,1H3,(H,17,19). The van der Waals surface area contributed by atoms with Crippen LogP contribution in [0.15, 0.2) is 18.2 Å². The van der Waals surface area contributed by atoms with E-state index in [0.717, 1.165) is 0 Å². The summed E-state index contributed by atoms with van der Waals surface area (Å²) in [6.07, 6.45) is 0.318. The van der Waals surface area contributed by atoms with Crippen LogP contribution in [0.5, 0.6) is 0 Å². The summed E-state index contributed by atoms with van der Waals surface area (Å²) in [6, 6.07) is 4.10. The van der Waals surface area contributed by atoms with Crippen molar-refractivity contribution in [3.8, 4) is 11.8 Å². The van der Waals surface area contributed by atoms with Gasteiger partial charge in [0.2, 0.25) is 0 Å². The molecular formula is C15H18FNO3S. The number of carbonyl (C=O) groups excluding carboxylic acids is 1. The van der Waals surface area contributed by atoms with Crippen molar-refractivity contribution in [2.75, 3.05) is 24.7 Å². The van der Waals surface area contributed by atoms with Crippen molar-refractivity contribution in [3.63, 3.8) is 0 Å². The van der Waals surface area contributed by atoms with Crippen LogP contribution in [0.3, 0.4) is 0 Å². The molecule has 0 radical (unpaired) electrons. The molecule has 1 unspecified atom stereocenters. The van der Waals surface area contributed by atoms with E-state index in [2.05, 4.69) is 17.2 Å². The molecule has 0 heterocycles. The lowest BCUT2D eigenvalue weighted by atomic mass is 10.1. The van der Waals surface area contributed by atoms with Crippen LogP contribution in [0.2, 0.25) is 0 Å². The van der Waals surface area contributed by atoms with Gasteiger partial charge in [0.15, 0.2) is 0 Å². The van der Waals surface area contributed by atoms with Crippen molar-refractivity contribution in [1.29, 1.82) is 0 Å². The van der Waals surface area contributed by atoms with Crippen molar-refractivity contribution < 1.29 is 18.5 Å². The minimum Gasteiger partial charge on any atom is -0.395 e. The van der Waals surface area contributed by atoms with Crippen molar-refractivity contribution >= 4 is 16.7 Å². The fourth-order valence-corrected chi connectivity index (χ4v) is 2.13. The van der Waals surface area contributed by atoms with Crippen molar-refractivity contribution in [1.82, 2.24) is 5.32 Å². The highest BCUT2D eigenvalue weighted by molar-refractivity contribution is 7.84. The lowest BCUT2D eigenvalue weighted by Gasteiger charge is -2.06. The number of benzene rings is 1. The Morgan fingerprint density at radius 3 is 2.86 bits per heavy atom. The molecule has 0 bridgehead atoms. The summed E-state index contributed by atoms with van der Waals surface area (Å²) in [7, 11) is -0.961. The van der Waals surface area contributed by atoms with Gasteiger partial charge in [-0.05, 0) is 18.2 Å². The van der Waals surface area contributed by atoms with Crippen molar-refractivity contribution in [2.24, 2.45) is 0 Å². The molecular weight excluding hydrogens is 293 g/mol. The van der Waals surface area contributed by atoms with Gasteiger partial charge in [-0.25, -0.2) is 4.39 Å². The molecule has 1 atom stereocenters. The first-order chi connectivity index (χ1) is 10.1. The van der Waals surface area contributed by atoms with Crippen LogP contribution in [-0.2, 0) is 10.8 Å². The van der Waals surface area contributed by atoms with Gasteiger partial charge in [-0.3, -0.25) is 9.00 Å². The second-order valence-corrected chi connectivity index (χ2v) is 6.02. The molecule has 0 spiro atoms. The summed E-state index contributed by atoms with van der Waals surface area (Å²) in [6.45, 7) is 2.00.